The average Bonchev–Trinajstić information content (AvgIpc) is 3.35. The van der Waals surface area contributed by atoms with E-state index in [0.717, 1.165) is 11.0 Å². The van der Waals surface area contributed by atoms with Crippen LogP contribution in [0.2, 0.25) is 0 Å². The van der Waals surface area contributed by atoms with Gasteiger partial charge in [-0.05, 0) is 37.1 Å². The molecule has 0 radical (unpaired) electrons. The summed E-state index contributed by atoms with van der Waals surface area (Å²) in [4.78, 5) is 9.60. The Balaban J connectivity index is 1.74. The highest BCUT2D eigenvalue weighted by molar-refractivity contribution is 6.32. The number of fused-ring (bicyclic) bond motifs is 1. The standard InChI is InChI=1S/C26H26N4O4/c1-26(15-7-6-8-17(31)11-15)23(32)22(25-28-20-9-4-5-10-21(20)29-25)24(27)30(26)16-12-18(33-2)14-19(13-16)34-3/h4-5,7,9-14,27,31-32H,6,8H2,1-3H3,(H,28,29). The number of amidine groups is 1. The number of aromatic nitrogens is 2. The number of nitrogens with zero attached hydrogens (tertiary/aromatic N) is 2. The molecule has 1 aromatic heterocycles. The first kappa shape index (κ1) is 21.6. The van der Waals surface area contributed by atoms with Gasteiger partial charge >= 0.3 is 0 Å². The Hall–Kier alpha value is -4.20. The summed E-state index contributed by atoms with van der Waals surface area (Å²) < 4.78 is 10.9. The normalized spacial score (nSPS) is 20.6. The van der Waals surface area contributed by atoms with E-state index in [1.165, 1.54) is 0 Å². The molecule has 1 atom stereocenters. The van der Waals surface area contributed by atoms with Gasteiger partial charge in [0.15, 0.2) is 0 Å². The summed E-state index contributed by atoms with van der Waals surface area (Å²) in [6.45, 7) is 1.83. The molecule has 2 heterocycles. The molecule has 0 amide bonds. The van der Waals surface area contributed by atoms with Crippen molar-refractivity contribution >= 4 is 28.1 Å². The minimum atomic E-state index is -1.17. The van der Waals surface area contributed by atoms with Crippen molar-refractivity contribution in [2.75, 3.05) is 19.1 Å². The van der Waals surface area contributed by atoms with Crippen molar-refractivity contribution in [2.24, 2.45) is 0 Å². The molecule has 8 nitrogen and oxygen atoms in total. The summed E-state index contributed by atoms with van der Waals surface area (Å²) in [5.74, 6) is 1.77. The molecule has 1 unspecified atom stereocenters. The number of anilines is 1. The highest BCUT2D eigenvalue weighted by atomic mass is 16.5. The van der Waals surface area contributed by atoms with E-state index in [2.05, 4.69) is 9.97 Å². The highest BCUT2D eigenvalue weighted by Gasteiger charge is 2.51. The Morgan fingerprint density at radius 2 is 1.79 bits per heavy atom. The first-order valence-corrected chi connectivity index (χ1v) is 11.0. The van der Waals surface area contributed by atoms with Gasteiger partial charge in [0, 0.05) is 24.6 Å². The molecule has 5 rings (SSSR count). The van der Waals surface area contributed by atoms with E-state index in [-0.39, 0.29) is 17.4 Å². The smallest absolute Gasteiger partial charge is 0.145 e. The highest BCUT2D eigenvalue weighted by Crippen LogP contribution is 2.48. The van der Waals surface area contributed by atoms with Crippen LogP contribution in [0.1, 0.15) is 25.6 Å². The number of methoxy groups -OCH3 is 2. The zero-order chi connectivity index (χ0) is 24.0. The number of aliphatic hydroxyl groups excluding tert-OH is 2. The van der Waals surface area contributed by atoms with Crippen molar-refractivity contribution in [1.29, 1.82) is 5.41 Å². The van der Waals surface area contributed by atoms with E-state index in [0.29, 0.717) is 47.0 Å². The van der Waals surface area contributed by atoms with Crippen LogP contribution in [-0.2, 0) is 0 Å². The summed E-state index contributed by atoms with van der Waals surface area (Å²) >= 11 is 0. The molecular formula is C26H26N4O4. The fraction of sp³-hybridized carbons (Fsp3) is 0.231. The van der Waals surface area contributed by atoms with Crippen molar-refractivity contribution < 1.29 is 19.7 Å². The minimum absolute atomic E-state index is 0.0319. The number of imidazole rings is 1. The molecule has 0 saturated carbocycles. The molecular weight excluding hydrogens is 432 g/mol. The predicted molar refractivity (Wildman–Crippen MR) is 132 cm³/mol. The maximum Gasteiger partial charge on any atom is 0.145 e. The number of hydrogen-bond donors (Lipinski definition) is 4. The monoisotopic (exact) mass is 458 g/mol. The fourth-order valence-electron chi connectivity index (χ4n) is 4.69. The lowest BCUT2D eigenvalue weighted by Gasteiger charge is -2.39. The largest absolute Gasteiger partial charge is 0.512 e. The summed E-state index contributed by atoms with van der Waals surface area (Å²) in [7, 11) is 3.13. The molecule has 3 aromatic rings. The second-order valence-corrected chi connectivity index (χ2v) is 8.49. The third-order valence-corrected chi connectivity index (χ3v) is 6.48. The van der Waals surface area contributed by atoms with Gasteiger partial charge in [0.05, 0.1) is 42.3 Å². The van der Waals surface area contributed by atoms with Gasteiger partial charge in [-0.3, -0.25) is 5.41 Å². The number of aliphatic hydroxyl groups is 2. The number of hydrogen-bond acceptors (Lipinski definition) is 6. The maximum absolute atomic E-state index is 11.7. The number of ether oxygens (including phenoxy) is 2. The second kappa shape index (κ2) is 7.98. The molecule has 0 spiro atoms. The maximum atomic E-state index is 11.7. The van der Waals surface area contributed by atoms with Gasteiger partial charge < -0.3 is 29.6 Å². The zero-order valence-electron chi connectivity index (χ0n) is 19.2. The molecule has 1 aliphatic heterocycles. The number of nitrogens with one attached hydrogen (secondary N) is 2. The van der Waals surface area contributed by atoms with Crippen LogP contribution in [0.25, 0.3) is 16.6 Å². The topological polar surface area (TPSA) is 115 Å². The summed E-state index contributed by atoms with van der Waals surface area (Å²) in [6.07, 6.45) is 4.81. The third-order valence-electron chi connectivity index (χ3n) is 6.48. The van der Waals surface area contributed by atoms with Gasteiger partial charge in [-0.1, -0.05) is 18.2 Å². The van der Waals surface area contributed by atoms with Crippen LogP contribution >= 0.6 is 0 Å². The van der Waals surface area contributed by atoms with Crippen molar-refractivity contribution in [1.82, 2.24) is 9.97 Å². The van der Waals surface area contributed by atoms with E-state index in [9.17, 15) is 15.6 Å². The lowest BCUT2D eigenvalue weighted by molar-refractivity contribution is 0.340. The van der Waals surface area contributed by atoms with E-state index >= 15 is 0 Å². The number of aromatic amines is 1. The van der Waals surface area contributed by atoms with Gasteiger partial charge in [0.2, 0.25) is 0 Å². The quantitative estimate of drug-likeness (QED) is 0.414. The SMILES string of the molecule is COc1cc(OC)cc(N2C(=N)C(c3nc4ccccc4[nH]3)=C(O)C2(C)C2=CCCC(O)=C2)c1. The molecule has 1 aliphatic carbocycles. The van der Waals surface area contributed by atoms with Crippen LogP contribution in [0.15, 0.2) is 71.7 Å². The van der Waals surface area contributed by atoms with Crippen LogP contribution in [0.3, 0.4) is 0 Å². The summed E-state index contributed by atoms with van der Waals surface area (Å²) in [6, 6.07) is 12.9. The van der Waals surface area contributed by atoms with Crippen LogP contribution in [-0.4, -0.2) is 45.8 Å². The molecule has 0 bridgehead atoms. The molecule has 0 fully saturated rings. The van der Waals surface area contributed by atoms with Crippen molar-refractivity contribution in [2.45, 2.75) is 25.3 Å². The second-order valence-electron chi connectivity index (χ2n) is 8.49. The molecule has 0 saturated heterocycles. The Morgan fingerprint density at radius 3 is 2.44 bits per heavy atom. The number of H-pyrrole nitrogens is 1. The molecule has 34 heavy (non-hydrogen) atoms. The van der Waals surface area contributed by atoms with Gasteiger partial charge in [-0.25, -0.2) is 4.98 Å². The minimum Gasteiger partial charge on any atom is -0.512 e. The predicted octanol–water partition coefficient (Wildman–Crippen LogP) is 5.27. The van der Waals surface area contributed by atoms with Crippen molar-refractivity contribution in [3.8, 4) is 11.5 Å². The van der Waals surface area contributed by atoms with Gasteiger partial charge in [-0.15, -0.1) is 0 Å². The number of rotatable bonds is 5. The van der Waals surface area contributed by atoms with Crippen LogP contribution in [0, 0.1) is 5.41 Å². The lowest BCUT2D eigenvalue weighted by atomic mass is 9.85. The molecule has 8 heteroatoms. The number of allylic oxidation sites excluding steroid dienone is 2. The van der Waals surface area contributed by atoms with Crippen LogP contribution < -0.4 is 14.4 Å². The number of benzene rings is 2. The third kappa shape index (κ3) is 3.22. The fourth-order valence-corrected chi connectivity index (χ4v) is 4.69. The van der Waals surface area contributed by atoms with E-state index in [1.54, 1.807) is 43.4 Å². The molecule has 174 valence electrons. The summed E-state index contributed by atoms with van der Waals surface area (Å²) in [5, 5.41) is 31.2. The van der Waals surface area contributed by atoms with E-state index < -0.39 is 5.54 Å². The molecule has 2 aromatic carbocycles. The molecule has 2 aliphatic rings. The van der Waals surface area contributed by atoms with Gasteiger partial charge in [-0.2, -0.15) is 0 Å². The Labute approximate surface area is 197 Å². The number of para-hydroxylation sites is 2. The molecule has 4 N–H and O–H groups in total. The van der Waals surface area contributed by atoms with Gasteiger partial charge in [0.25, 0.3) is 0 Å². The van der Waals surface area contributed by atoms with Gasteiger partial charge in [0.1, 0.15) is 34.5 Å². The lowest BCUT2D eigenvalue weighted by Crippen LogP contribution is -2.47. The van der Waals surface area contributed by atoms with Crippen molar-refractivity contribution in [3.63, 3.8) is 0 Å². The van der Waals surface area contributed by atoms with Crippen LogP contribution in [0.5, 0.6) is 11.5 Å². The van der Waals surface area contributed by atoms with E-state index in [4.69, 9.17) is 9.47 Å². The van der Waals surface area contributed by atoms with Crippen LogP contribution in [0.4, 0.5) is 5.69 Å². The Bertz CT molecular complexity index is 1350. The Kier molecular flexibility index (Phi) is 5.08. The first-order chi connectivity index (χ1) is 16.4. The average molecular weight is 459 g/mol. The zero-order valence-corrected chi connectivity index (χ0v) is 19.2. The Morgan fingerprint density at radius 1 is 1.09 bits per heavy atom. The first-order valence-electron chi connectivity index (χ1n) is 11.0. The van der Waals surface area contributed by atoms with E-state index in [1.807, 2.05) is 37.3 Å². The summed E-state index contributed by atoms with van der Waals surface area (Å²) in [5.41, 5.74) is 1.95. The van der Waals surface area contributed by atoms with Crippen molar-refractivity contribution in [3.05, 3.63) is 77.5 Å².